The molecule has 0 rings (SSSR count). The summed E-state index contributed by atoms with van der Waals surface area (Å²) in [4.78, 5) is 0. The first-order valence-corrected chi connectivity index (χ1v) is 1.95. The molecule has 0 saturated heterocycles. The van der Waals surface area contributed by atoms with Crippen LogP contribution >= 0.6 is 0 Å². The van der Waals surface area contributed by atoms with E-state index in [0.717, 1.165) is 7.11 Å². The molecule has 0 atom stereocenters. The SMILES string of the molecule is CO.[CH3-].[CH3-].[CH3-].[O]=[V]=[O]. The van der Waals surface area contributed by atoms with Gasteiger partial charge in [0.05, 0.1) is 0 Å². The molecule has 0 bridgehead atoms. The standard InChI is InChI=1S/CH4O.3CH3.2O.V/c1-2;;;;;;/h2H,1H3;3*1H3;;;/q;3*-1;;;. The Morgan fingerprint density at radius 3 is 1.00 bits per heavy atom. The van der Waals surface area contributed by atoms with Crippen molar-refractivity contribution in [3.63, 3.8) is 0 Å². The van der Waals surface area contributed by atoms with Crippen LogP contribution in [0.5, 0.6) is 0 Å². The van der Waals surface area contributed by atoms with E-state index < -0.39 is 16.2 Å². The zero-order chi connectivity index (χ0) is 4.71. The first-order valence-electron chi connectivity index (χ1n) is 0.812. The van der Waals surface area contributed by atoms with Crippen molar-refractivity contribution in [1.29, 1.82) is 0 Å². The third-order valence-corrected chi connectivity index (χ3v) is 0. The van der Waals surface area contributed by atoms with Gasteiger partial charge in [0.1, 0.15) is 0 Å². The minimum atomic E-state index is -1.81. The van der Waals surface area contributed by atoms with Crippen molar-refractivity contribution in [3.05, 3.63) is 22.3 Å². The number of aliphatic hydroxyl groups is 1. The molecular formula is C4H13O3V-3. The Kier molecular flexibility index (Phi) is 1080. The molecule has 55 valence electrons. The Bertz CT molecular complexity index is 32.3. The van der Waals surface area contributed by atoms with Crippen LogP contribution in [0.15, 0.2) is 0 Å². The predicted molar refractivity (Wildman–Crippen MR) is 28.8 cm³/mol. The van der Waals surface area contributed by atoms with E-state index in [9.17, 15) is 0 Å². The summed E-state index contributed by atoms with van der Waals surface area (Å²) in [7, 11) is 1.00. The Morgan fingerprint density at radius 2 is 1.00 bits per heavy atom. The molecule has 0 aliphatic heterocycles. The quantitative estimate of drug-likeness (QED) is 0.531. The molecule has 0 aromatic rings. The number of rotatable bonds is 0. The Hall–Kier alpha value is 0.144. The van der Waals surface area contributed by atoms with Gasteiger partial charge in [0.25, 0.3) is 0 Å². The van der Waals surface area contributed by atoms with E-state index >= 15 is 0 Å². The summed E-state index contributed by atoms with van der Waals surface area (Å²) in [5.74, 6) is 0. The van der Waals surface area contributed by atoms with Crippen molar-refractivity contribution in [2.45, 2.75) is 0 Å². The van der Waals surface area contributed by atoms with Crippen LogP contribution in [0.4, 0.5) is 0 Å². The fourth-order valence-electron chi connectivity index (χ4n) is 0. The first kappa shape index (κ1) is 42.0. The van der Waals surface area contributed by atoms with Crippen LogP contribution in [0.3, 0.4) is 0 Å². The number of hydrogen-bond donors (Lipinski definition) is 1. The molecule has 3 nitrogen and oxygen atoms in total. The van der Waals surface area contributed by atoms with E-state index in [-0.39, 0.29) is 22.3 Å². The second-order valence-corrected chi connectivity index (χ2v) is 0.307. The second kappa shape index (κ2) is 206. The third-order valence-electron chi connectivity index (χ3n) is 0. The van der Waals surface area contributed by atoms with E-state index in [0.29, 0.717) is 0 Å². The molecular weight excluding hydrogens is 147 g/mol. The average molecular weight is 160 g/mol. The molecule has 0 aliphatic carbocycles. The van der Waals surface area contributed by atoms with Crippen molar-refractivity contribution in [2.24, 2.45) is 0 Å². The summed E-state index contributed by atoms with van der Waals surface area (Å²) in [5.41, 5.74) is 0. The van der Waals surface area contributed by atoms with Gasteiger partial charge in [0.2, 0.25) is 0 Å². The van der Waals surface area contributed by atoms with E-state index in [1.807, 2.05) is 0 Å². The van der Waals surface area contributed by atoms with E-state index in [4.69, 9.17) is 12.5 Å². The zero-order valence-corrected chi connectivity index (χ0v) is 7.11. The van der Waals surface area contributed by atoms with Crippen molar-refractivity contribution >= 4 is 0 Å². The number of hydrogen-bond acceptors (Lipinski definition) is 3. The summed E-state index contributed by atoms with van der Waals surface area (Å²) >= 11 is -1.81. The van der Waals surface area contributed by atoms with Gasteiger partial charge in [0.15, 0.2) is 0 Å². The summed E-state index contributed by atoms with van der Waals surface area (Å²) in [6.07, 6.45) is 0. The molecule has 0 aromatic carbocycles. The van der Waals surface area contributed by atoms with Crippen LogP contribution in [0.1, 0.15) is 0 Å². The first-order chi connectivity index (χ1) is 2.41. The summed E-state index contributed by atoms with van der Waals surface area (Å²) < 4.78 is 16.9. The molecule has 0 aliphatic rings. The van der Waals surface area contributed by atoms with E-state index in [1.54, 1.807) is 0 Å². The molecule has 0 fully saturated rings. The Balaban J connectivity index is -0.00000000567. The van der Waals surface area contributed by atoms with Gasteiger partial charge in [-0.05, 0) is 0 Å². The van der Waals surface area contributed by atoms with E-state index in [1.165, 1.54) is 0 Å². The molecule has 1 N–H and O–H groups in total. The average Bonchev–Trinajstić information content (AvgIpc) is 1.46. The van der Waals surface area contributed by atoms with Gasteiger partial charge >= 0.3 is 23.5 Å². The fourth-order valence-corrected chi connectivity index (χ4v) is 0. The van der Waals surface area contributed by atoms with Crippen LogP contribution in [-0.2, 0) is 23.5 Å². The molecule has 0 spiro atoms. The van der Waals surface area contributed by atoms with Crippen molar-refractivity contribution < 1.29 is 28.6 Å². The van der Waals surface area contributed by atoms with Gasteiger partial charge in [-0.25, -0.2) is 0 Å². The van der Waals surface area contributed by atoms with Gasteiger partial charge in [-0.3, -0.25) is 0 Å². The topological polar surface area (TPSA) is 54.4 Å². The van der Waals surface area contributed by atoms with Crippen LogP contribution in [0, 0.1) is 22.3 Å². The molecule has 0 aromatic heterocycles. The van der Waals surface area contributed by atoms with Crippen molar-refractivity contribution in [3.8, 4) is 0 Å². The minimum absolute atomic E-state index is 0. The molecule has 0 heterocycles. The predicted octanol–water partition coefficient (Wildman–Crippen LogP) is 0.719. The Morgan fingerprint density at radius 1 is 1.00 bits per heavy atom. The van der Waals surface area contributed by atoms with E-state index in [2.05, 4.69) is 0 Å². The van der Waals surface area contributed by atoms with Gasteiger partial charge < -0.3 is 27.4 Å². The summed E-state index contributed by atoms with van der Waals surface area (Å²) in [6.45, 7) is 0. The third kappa shape index (κ3) is 7800. The van der Waals surface area contributed by atoms with Crippen LogP contribution in [0.25, 0.3) is 0 Å². The van der Waals surface area contributed by atoms with Crippen molar-refractivity contribution in [1.82, 2.24) is 0 Å². The second-order valence-electron chi connectivity index (χ2n) is 0.0745. The van der Waals surface area contributed by atoms with Crippen LogP contribution < -0.4 is 0 Å². The molecule has 8 heavy (non-hydrogen) atoms. The maximum absolute atomic E-state index is 8.47. The monoisotopic (exact) mass is 160 g/mol. The van der Waals surface area contributed by atoms with Gasteiger partial charge in [-0.2, -0.15) is 0 Å². The summed E-state index contributed by atoms with van der Waals surface area (Å²) in [5, 5.41) is 7.00. The van der Waals surface area contributed by atoms with Crippen molar-refractivity contribution in [2.75, 3.05) is 7.11 Å². The fraction of sp³-hybridized carbons (Fsp3) is 0.250. The summed E-state index contributed by atoms with van der Waals surface area (Å²) in [6, 6.07) is 0. The van der Waals surface area contributed by atoms with Gasteiger partial charge in [-0.1, -0.05) is 0 Å². The number of aliphatic hydroxyl groups excluding tert-OH is 1. The van der Waals surface area contributed by atoms with Gasteiger partial charge in [-0.15, -0.1) is 0 Å². The molecule has 0 saturated carbocycles. The van der Waals surface area contributed by atoms with Gasteiger partial charge in [0, 0.05) is 7.11 Å². The maximum atomic E-state index is 8.47. The molecule has 0 amide bonds. The van der Waals surface area contributed by atoms with Crippen LogP contribution in [-0.4, -0.2) is 12.2 Å². The molecule has 0 unspecified atom stereocenters. The van der Waals surface area contributed by atoms with Crippen LogP contribution in [0.2, 0.25) is 0 Å². The zero-order valence-electron chi connectivity index (χ0n) is 5.71. The molecule has 4 heteroatoms. The molecule has 0 radical (unpaired) electrons. The normalized spacial score (nSPS) is 1.75. The Labute approximate surface area is 58.6 Å².